The van der Waals surface area contributed by atoms with E-state index in [1.54, 1.807) is 6.20 Å². The molecule has 0 radical (unpaired) electrons. The van der Waals surface area contributed by atoms with Gasteiger partial charge in [-0.3, -0.25) is 9.59 Å². The first-order valence-corrected chi connectivity index (χ1v) is 12.0. The number of hydrogen-bond acceptors (Lipinski definition) is 3. The van der Waals surface area contributed by atoms with Crippen LogP contribution in [0, 0.1) is 34.5 Å². The van der Waals surface area contributed by atoms with Crippen LogP contribution in [0.25, 0.3) is 0 Å². The van der Waals surface area contributed by atoms with Gasteiger partial charge in [0.2, 0.25) is 11.8 Å². The smallest absolute Gasteiger partial charge is 0.246 e. The molecule has 5 rings (SSSR count). The molecule has 7 atom stereocenters. The number of nitrogens with one attached hydrogen (secondary N) is 1. The normalized spacial score (nSPS) is 41.3. The number of carbonyl (C=O) groups is 2. The van der Waals surface area contributed by atoms with Crippen LogP contribution >= 0.6 is 0 Å². The summed E-state index contributed by atoms with van der Waals surface area (Å²) in [4.78, 5) is 31.3. The van der Waals surface area contributed by atoms with Crippen molar-refractivity contribution < 1.29 is 9.59 Å². The Kier molecular flexibility index (Phi) is 4.98. The van der Waals surface area contributed by atoms with Crippen molar-refractivity contribution in [3.8, 4) is 0 Å². The van der Waals surface area contributed by atoms with Crippen molar-refractivity contribution in [2.75, 3.05) is 12.4 Å². The van der Waals surface area contributed by atoms with Crippen molar-refractivity contribution in [1.82, 2.24) is 9.88 Å². The minimum Gasteiger partial charge on any atom is -0.338 e. The Hall–Kier alpha value is -2.17. The van der Waals surface area contributed by atoms with Crippen LogP contribution in [0.1, 0.15) is 58.8 Å². The van der Waals surface area contributed by atoms with Crippen molar-refractivity contribution in [2.24, 2.45) is 34.5 Å². The number of rotatable bonds is 3. The first-order chi connectivity index (χ1) is 14.8. The van der Waals surface area contributed by atoms with Gasteiger partial charge in [-0.1, -0.05) is 26.0 Å². The van der Waals surface area contributed by atoms with E-state index >= 15 is 0 Å². The Labute approximate surface area is 185 Å². The summed E-state index contributed by atoms with van der Waals surface area (Å²) in [5, 5.41) is 2.99. The van der Waals surface area contributed by atoms with Gasteiger partial charge < -0.3 is 10.2 Å². The van der Waals surface area contributed by atoms with E-state index in [0.717, 1.165) is 12.8 Å². The number of fused-ring (bicyclic) bond motifs is 5. The molecular weight excluding hydrogens is 386 g/mol. The lowest BCUT2D eigenvalue weighted by Gasteiger charge is -2.60. The summed E-state index contributed by atoms with van der Waals surface area (Å²) in [5.74, 6) is 3.37. The van der Waals surface area contributed by atoms with E-state index in [2.05, 4.69) is 30.2 Å². The predicted octanol–water partition coefficient (Wildman–Crippen LogP) is 4.67. The SMILES string of the molecule is CN1C(=O)C=C[C@]2(C)C3CC[C@@]4(C)C(CC[C@@H]4CC(=O)Nc4ccccn4)C3CCC12. The van der Waals surface area contributed by atoms with Crippen LogP contribution in [0.2, 0.25) is 0 Å². The van der Waals surface area contributed by atoms with Crippen molar-refractivity contribution in [2.45, 2.75) is 64.8 Å². The van der Waals surface area contributed by atoms with E-state index in [-0.39, 0.29) is 22.6 Å². The average Bonchev–Trinajstić information content (AvgIpc) is 3.08. The predicted molar refractivity (Wildman–Crippen MR) is 121 cm³/mol. The molecule has 0 spiro atoms. The van der Waals surface area contributed by atoms with Crippen molar-refractivity contribution in [3.63, 3.8) is 0 Å². The summed E-state index contributed by atoms with van der Waals surface area (Å²) in [6.45, 7) is 4.85. The standard InChI is InChI=1S/C26H35N3O2/c1-25-13-11-20-18(8-10-21-26(20,2)14-12-24(31)29(21)3)19(25)9-7-17(25)16-23(30)28-22-6-4-5-15-27-22/h4-6,12,14-15,17-21H,7-11,13,16H2,1-3H3,(H,27,28,30)/t17-,18?,19?,20?,21?,25-,26-/m1/s1. The second-order valence-corrected chi connectivity index (χ2v) is 10.9. The lowest BCUT2D eigenvalue weighted by molar-refractivity contribution is -0.139. The summed E-state index contributed by atoms with van der Waals surface area (Å²) in [7, 11) is 1.98. The van der Waals surface area contributed by atoms with Gasteiger partial charge in [-0.2, -0.15) is 0 Å². The fourth-order valence-electron chi connectivity index (χ4n) is 8.04. The molecule has 1 aromatic heterocycles. The Bertz CT molecular complexity index is 899. The van der Waals surface area contributed by atoms with E-state index in [1.807, 2.05) is 36.2 Å². The fourth-order valence-corrected chi connectivity index (χ4v) is 8.04. The molecule has 5 nitrogen and oxygen atoms in total. The quantitative estimate of drug-likeness (QED) is 0.772. The highest BCUT2D eigenvalue weighted by atomic mass is 16.2. The zero-order chi connectivity index (χ0) is 21.8. The van der Waals surface area contributed by atoms with Gasteiger partial charge in [-0.15, -0.1) is 0 Å². The fraction of sp³-hybridized carbons (Fsp3) is 0.654. The largest absolute Gasteiger partial charge is 0.338 e. The molecule has 31 heavy (non-hydrogen) atoms. The van der Waals surface area contributed by atoms with E-state index < -0.39 is 0 Å². The van der Waals surface area contributed by atoms with Crippen LogP contribution in [0.4, 0.5) is 5.82 Å². The number of pyridine rings is 1. The summed E-state index contributed by atoms with van der Waals surface area (Å²) in [6.07, 6.45) is 13.4. The third-order valence-corrected chi connectivity index (χ3v) is 9.69. The molecule has 1 aromatic rings. The number of anilines is 1. The number of likely N-dealkylation sites (N-methyl/N-ethyl adjacent to an activating group) is 1. The first-order valence-electron chi connectivity index (χ1n) is 12.0. The number of aromatic nitrogens is 1. The molecule has 4 aliphatic rings. The van der Waals surface area contributed by atoms with Gasteiger partial charge in [0.25, 0.3) is 0 Å². The Morgan fingerprint density at radius 2 is 2.00 bits per heavy atom. The molecule has 3 fully saturated rings. The molecule has 0 aromatic carbocycles. The molecule has 5 heteroatoms. The maximum absolute atomic E-state index is 12.8. The summed E-state index contributed by atoms with van der Waals surface area (Å²) < 4.78 is 0. The minimum atomic E-state index is 0.0847. The van der Waals surface area contributed by atoms with Crippen LogP contribution in [0.5, 0.6) is 0 Å². The zero-order valence-corrected chi connectivity index (χ0v) is 19.0. The van der Waals surface area contributed by atoms with Crippen LogP contribution in [0.15, 0.2) is 36.5 Å². The molecule has 0 saturated heterocycles. The lowest BCUT2D eigenvalue weighted by Crippen LogP contribution is -2.59. The number of hydrogen-bond donors (Lipinski definition) is 1. The lowest BCUT2D eigenvalue weighted by atomic mass is 9.47. The van der Waals surface area contributed by atoms with E-state index in [1.165, 1.54) is 25.7 Å². The minimum absolute atomic E-state index is 0.0847. The summed E-state index contributed by atoms with van der Waals surface area (Å²) >= 11 is 0. The summed E-state index contributed by atoms with van der Waals surface area (Å²) in [5.41, 5.74) is 0.327. The highest BCUT2D eigenvalue weighted by Crippen LogP contribution is 2.65. The second-order valence-electron chi connectivity index (χ2n) is 10.9. The second kappa shape index (κ2) is 7.46. The molecule has 3 aliphatic carbocycles. The Balaban J connectivity index is 1.32. The average molecular weight is 422 g/mol. The van der Waals surface area contributed by atoms with E-state index in [0.29, 0.717) is 42.0 Å². The maximum Gasteiger partial charge on any atom is 0.246 e. The van der Waals surface area contributed by atoms with E-state index in [9.17, 15) is 9.59 Å². The van der Waals surface area contributed by atoms with Crippen molar-refractivity contribution in [1.29, 1.82) is 0 Å². The van der Waals surface area contributed by atoms with Crippen LogP contribution < -0.4 is 5.32 Å². The number of nitrogens with zero attached hydrogens (tertiary/aromatic N) is 2. The highest BCUT2D eigenvalue weighted by molar-refractivity contribution is 5.90. The molecule has 166 valence electrons. The maximum atomic E-state index is 12.8. The highest BCUT2D eigenvalue weighted by Gasteiger charge is 2.60. The molecule has 0 bridgehead atoms. The molecule has 4 unspecified atom stereocenters. The number of carbonyl (C=O) groups excluding carboxylic acids is 2. The molecule has 3 saturated carbocycles. The van der Waals surface area contributed by atoms with E-state index in [4.69, 9.17) is 0 Å². The van der Waals surface area contributed by atoms with Crippen molar-refractivity contribution in [3.05, 3.63) is 36.5 Å². The van der Waals surface area contributed by atoms with Gasteiger partial charge >= 0.3 is 0 Å². The monoisotopic (exact) mass is 421 g/mol. The van der Waals surface area contributed by atoms with Gasteiger partial charge in [0.1, 0.15) is 5.82 Å². The summed E-state index contributed by atoms with van der Waals surface area (Å²) in [6, 6.07) is 5.94. The zero-order valence-electron chi connectivity index (χ0n) is 19.0. The third-order valence-electron chi connectivity index (χ3n) is 9.69. The Morgan fingerprint density at radius 3 is 2.77 bits per heavy atom. The molecular formula is C26H35N3O2. The van der Waals surface area contributed by atoms with Gasteiger partial charge in [-0.05, 0) is 85.8 Å². The van der Waals surface area contributed by atoms with Gasteiger partial charge in [0.15, 0.2) is 0 Å². The van der Waals surface area contributed by atoms with Crippen molar-refractivity contribution >= 4 is 17.6 Å². The molecule has 1 N–H and O–H groups in total. The van der Waals surface area contributed by atoms with Gasteiger partial charge in [0, 0.05) is 31.1 Å². The van der Waals surface area contributed by atoms with Crippen LogP contribution in [-0.4, -0.2) is 34.8 Å². The first kappa shape index (κ1) is 20.7. The topological polar surface area (TPSA) is 62.3 Å². The molecule has 1 aliphatic heterocycles. The van der Waals surface area contributed by atoms with Gasteiger partial charge in [-0.25, -0.2) is 4.98 Å². The third kappa shape index (κ3) is 3.23. The Morgan fingerprint density at radius 1 is 1.16 bits per heavy atom. The van der Waals surface area contributed by atoms with Crippen LogP contribution in [0.3, 0.4) is 0 Å². The van der Waals surface area contributed by atoms with Gasteiger partial charge in [0.05, 0.1) is 0 Å². The van der Waals surface area contributed by atoms with Crippen LogP contribution in [-0.2, 0) is 9.59 Å². The number of amides is 2. The molecule has 2 heterocycles. The molecule has 2 amide bonds.